The standard InChI is InChI=1S/C12H15ClN2O4/c1-12(2,3)19-11(18)15(10(16)17)9-7(13)5-4-6-8(9)14/h4-6H,14H2,1-3H3,(H,16,17). The van der Waals surface area contributed by atoms with Gasteiger partial charge in [0, 0.05) is 0 Å². The van der Waals surface area contributed by atoms with E-state index >= 15 is 0 Å². The Kier molecular flexibility index (Phi) is 4.26. The Morgan fingerprint density at radius 1 is 1.37 bits per heavy atom. The molecule has 19 heavy (non-hydrogen) atoms. The molecule has 0 unspecified atom stereocenters. The average Bonchev–Trinajstić information content (AvgIpc) is 2.20. The maximum absolute atomic E-state index is 11.9. The van der Waals surface area contributed by atoms with Gasteiger partial charge in [0.25, 0.3) is 0 Å². The summed E-state index contributed by atoms with van der Waals surface area (Å²) in [4.78, 5) is 23.5. The molecule has 0 saturated heterocycles. The lowest BCUT2D eigenvalue weighted by molar-refractivity contribution is 0.0582. The Bertz CT molecular complexity index is 491. The smallest absolute Gasteiger partial charge is 0.424 e. The van der Waals surface area contributed by atoms with Crippen LogP contribution in [0.5, 0.6) is 0 Å². The van der Waals surface area contributed by atoms with Crippen LogP contribution >= 0.6 is 11.6 Å². The Labute approximate surface area is 115 Å². The van der Waals surface area contributed by atoms with E-state index in [0.717, 1.165) is 0 Å². The topological polar surface area (TPSA) is 92.9 Å². The van der Waals surface area contributed by atoms with Crippen LogP contribution in [-0.2, 0) is 4.74 Å². The third-order valence-corrected chi connectivity index (χ3v) is 2.31. The van der Waals surface area contributed by atoms with Crippen LogP contribution in [-0.4, -0.2) is 22.9 Å². The number of benzene rings is 1. The maximum Gasteiger partial charge on any atom is 0.424 e. The van der Waals surface area contributed by atoms with Gasteiger partial charge in [0.15, 0.2) is 0 Å². The monoisotopic (exact) mass is 286 g/mol. The molecule has 2 amide bonds. The Morgan fingerprint density at radius 3 is 2.37 bits per heavy atom. The summed E-state index contributed by atoms with van der Waals surface area (Å²) in [6.07, 6.45) is -2.58. The summed E-state index contributed by atoms with van der Waals surface area (Å²) in [6.45, 7) is 4.88. The number of rotatable bonds is 1. The predicted octanol–water partition coefficient (Wildman–Crippen LogP) is 3.34. The lowest BCUT2D eigenvalue weighted by Gasteiger charge is -2.25. The number of nitrogen functional groups attached to an aromatic ring is 1. The SMILES string of the molecule is CC(C)(C)OC(=O)N(C(=O)O)c1c(N)cccc1Cl. The number of amides is 2. The first-order valence-electron chi connectivity index (χ1n) is 5.43. The molecule has 0 fully saturated rings. The fraction of sp³-hybridized carbons (Fsp3) is 0.333. The van der Waals surface area contributed by atoms with Crippen molar-refractivity contribution in [3.8, 4) is 0 Å². The van der Waals surface area contributed by atoms with E-state index in [0.29, 0.717) is 4.90 Å². The largest absolute Gasteiger partial charge is 0.464 e. The van der Waals surface area contributed by atoms with Crippen LogP contribution in [0.2, 0.25) is 5.02 Å². The molecule has 0 heterocycles. The van der Waals surface area contributed by atoms with Gasteiger partial charge in [-0.05, 0) is 32.9 Å². The Hall–Kier alpha value is -1.95. The molecule has 6 nitrogen and oxygen atoms in total. The van der Waals surface area contributed by atoms with E-state index in [1.54, 1.807) is 26.8 Å². The second-order valence-corrected chi connectivity index (χ2v) is 5.18. The first-order chi connectivity index (χ1) is 8.63. The van der Waals surface area contributed by atoms with Crippen LogP contribution in [0.25, 0.3) is 0 Å². The summed E-state index contributed by atoms with van der Waals surface area (Å²) < 4.78 is 5.02. The molecule has 104 valence electrons. The minimum atomic E-state index is -1.52. The van der Waals surface area contributed by atoms with Crippen molar-refractivity contribution >= 4 is 35.2 Å². The van der Waals surface area contributed by atoms with Crippen LogP contribution < -0.4 is 10.6 Å². The molecule has 0 aliphatic carbocycles. The number of carboxylic acid groups (broad SMARTS) is 1. The fourth-order valence-corrected chi connectivity index (χ4v) is 1.61. The van der Waals surface area contributed by atoms with Crippen molar-refractivity contribution in [2.75, 3.05) is 10.6 Å². The third-order valence-electron chi connectivity index (χ3n) is 2.01. The lowest BCUT2D eigenvalue weighted by atomic mass is 10.2. The van der Waals surface area contributed by atoms with Gasteiger partial charge >= 0.3 is 12.2 Å². The van der Waals surface area contributed by atoms with Gasteiger partial charge in [-0.15, -0.1) is 0 Å². The van der Waals surface area contributed by atoms with Gasteiger partial charge in [-0.3, -0.25) is 0 Å². The molecule has 1 rings (SSSR count). The van der Waals surface area contributed by atoms with Crippen molar-refractivity contribution in [3.05, 3.63) is 23.2 Å². The minimum Gasteiger partial charge on any atom is -0.464 e. The first-order valence-corrected chi connectivity index (χ1v) is 5.81. The lowest BCUT2D eigenvalue weighted by Crippen LogP contribution is -2.40. The van der Waals surface area contributed by atoms with E-state index < -0.39 is 17.8 Å². The molecular formula is C12H15ClN2O4. The van der Waals surface area contributed by atoms with Gasteiger partial charge in [0.1, 0.15) is 11.3 Å². The van der Waals surface area contributed by atoms with Crippen molar-refractivity contribution in [2.45, 2.75) is 26.4 Å². The molecule has 0 aromatic heterocycles. The second-order valence-electron chi connectivity index (χ2n) is 4.78. The van der Waals surface area contributed by atoms with Crippen LogP contribution in [0.3, 0.4) is 0 Å². The summed E-state index contributed by atoms with van der Waals surface area (Å²) in [5.74, 6) is 0. The quantitative estimate of drug-likeness (QED) is 0.772. The van der Waals surface area contributed by atoms with Crippen molar-refractivity contribution in [1.82, 2.24) is 0 Å². The number of anilines is 2. The highest BCUT2D eigenvalue weighted by atomic mass is 35.5. The van der Waals surface area contributed by atoms with E-state index in [9.17, 15) is 9.59 Å². The van der Waals surface area contributed by atoms with Crippen molar-refractivity contribution < 1.29 is 19.4 Å². The zero-order valence-electron chi connectivity index (χ0n) is 10.8. The molecule has 0 bridgehead atoms. The number of hydrogen-bond acceptors (Lipinski definition) is 4. The number of imide groups is 1. The zero-order valence-corrected chi connectivity index (χ0v) is 11.6. The van der Waals surface area contributed by atoms with Gasteiger partial charge in [0.2, 0.25) is 0 Å². The van der Waals surface area contributed by atoms with E-state index in [2.05, 4.69) is 0 Å². The summed E-state index contributed by atoms with van der Waals surface area (Å²) in [5, 5.41) is 9.20. The van der Waals surface area contributed by atoms with Crippen molar-refractivity contribution in [3.63, 3.8) is 0 Å². The number of carbonyl (C=O) groups excluding carboxylic acids is 1. The third kappa shape index (κ3) is 3.75. The van der Waals surface area contributed by atoms with Crippen LogP contribution in [0.4, 0.5) is 21.0 Å². The van der Waals surface area contributed by atoms with Crippen LogP contribution in [0, 0.1) is 0 Å². The molecule has 3 N–H and O–H groups in total. The Morgan fingerprint density at radius 2 is 1.95 bits per heavy atom. The molecule has 0 radical (unpaired) electrons. The second kappa shape index (κ2) is 5.36. The van der Waals surface area contributed by atoms with Crippen LogP contribution in [0.15, 0.2) is 18.2 Å². The normalized spacial score (nSPS) is 10.9. The Balaban J connectivity index is 3.22. The van der Waals surface area contributed by atoms with E-state index in [4.69, 9.17) is 27.2 Å². The highest BCUT2D eigenvalue weighted by Crippen LogP contribution is 2.33. The van der Waals surface area contributed by atoms with Crippen LogP contribution in [0.1, 0.15) is 20.8 Å². The number of carbonyl (C=O) groups is 2. The highest BCUT2D eigenvalue weighted by molar-refractivity contribution is 6.35. The van der Waals surface area contributed by atoms with Gasteiger partial charge in [0.05, 0.1) is 10.7 Å². The fourth-order valence-electron chi connectivity index (χ4n) is 1.34. The number of ether oxygens (including phenoxy) is 1. The molecule has 0 saturated carbocycles. The van der Waals surface area contributed by atoms with Gasteiger partial charge in [-0.1, -0.05) is 17.7 Å². The summed E-state index contributed by atoms with van der Waals surface area (Å²) in [6, 6.07) is 4.44. The summed E-state index contributed by atoms with van der Waals surface area (Å²) in [7, 11) is 0. The van der Waals surface area contributed by atoms with Gasteiger partial charge in [-0.25, -0.2) is 9.59 Å². The first kappa shape index (κ1) is 15.1. The van der Waals surface area contributed by atoms with Gasteiger partial charge < -0.3 is 15.6 Å². The molecule has 1 aromatic rings. The molecule has 0 atom stereocenters. The number of nitrogens with zero attached hydrogens (tertiary/aromatic N) is 1. The average molecular weight is 287 g/mol. The number of hydrogen-bond donors (Lipinski definition) is 2. The molecular weight excluding hydrogens is 272 g/mol. The van der Waals surface area contributed by atoms with Crippen molar-refractivity contribution in [2.24, 2.45) is 0 Å². The van der Waals surface area contributed by atoms with E-state index in [1.165, 1.54) is 12.1 Å². The number of nitrogens with two attached hydrogens (primary N) is 1. The maximum atomic E-state index is 11.9. The molecule has 7 heteroatoms. The van der Waals surface area contributed by atoms with E-state index in [1.807, 2.05) is 0 Å². The minimum absolute atomic E-state index is 0.0493. The number of para-hydroxylation sites is 1. The molecule has 0 spiro atoms. The highest BCUT2D eigenvalue weighted by Gasteiger charge is 2.31. The molecule has 0 aliphatic rings. The number of halogens is 1. The molecule has 1 aromatic carbocycles. The van der Waals surface area contributed by atoms with Crippen molar-refractivity contribution in [1.29, 1.82) is 0 Å². The van der Waals surface area contributed by atoms with E-state index in [-0.39, 0.29) is 16.4 Å². The summed E-state index contributed by atoms with van der Waals surface area (Å²) >= 11 is 5.89. The summed E-state index contributed by atoms with van der Waals surface area (Å²) in [5.41, 5.74) is 4.80. The van der Waals surface area contributed by atoms with Gasteiger partial charge in [-0.2, -0.15) is 4.90 Å². The predicted molar refractivity (Wildman–Crippen MR) is 72.6 cm³/mol. The zero-order chi connectivity index (χ0) is 14.8. The molecule has 0 aliphatic heterocycles.